The van der Waals surface area contributed by atoms with Crippen molar-refractivity contribution in [2.24, 2.45) is 10.9 Å². The van der Waals surface area contributed by atoms with Crippen LogP contribution in [0.15, 0.2) is 108 Å². The number of anilines is 1. The van der Waals surface area contributed by atoms with Crippen molar-refractivity contribution in [3.63, 3.8) is 0 Å². The number of carbonyl (C=O) groups is 1. The predicted molar refractivity (Wildman–Crippen MR) is 151 cm³/mol. The average molecular weight is 519 g/mol. The van der Waals surface area contributed by atoms with E-state index in [9.17, 15) is 4.79 Å². The average Bonchev–Trinajstić information content (AvgIpc) is 2.88. The lowest BCUT2D eigenvalue weighted by Crippen LogP contribution is -2.34. The molecule has 36 heavy (non-hydrogen) atoms. The lowest BCUT2D eigenvalue weighted by molar-refractivity contribution is -0.121. The zero-order valence-electron chi connectivity index (χ0n) is 19.7. The molecule has 0 bridgehead atoms. The second kappa shape index (κ2) is 12.8. The smallest absolute Gasteiger partial charge is 0.270 e. The molecule has 0 aliphatic heterocycles. The number of nitrogen functional groups attached to an aromatic ring is 1. The molecule has 0 spiro atoms. The van der Waals surface area contributed by atoms with Crippen LogP contribution in [-0.4, -0.2) is 17.8 Å². The molecule has 0 fully saturated rings. The van der Waals surface area contributed by atoms with Gasteiger partial charge in [0.1, 0.15) is 11.6 Å². The number of nitrogens with two attached hydrogens (primary N) is 2. The van der Waals surface area contributed by atoms with E-state index in [-0.39, 0.29) is 5.84 Å². The number of benzene rings is 3. The van der Waals surface area contributed by atoms with Gasteiger partial charge in [-0.3, -0.25) is 15.3 Å². The molecule has 3 rings (SSSR count). The van der Waals surface area contributed by atoms with Crippen LogP contribution in [0.5, 0.6) is 5.75 Å². The first kappa shape index (κ1) is 26.8. The number of rotatable bonds is 10. The molecule has 0 aromatic heterocycles. The van der Waals surface area contributed by atoms with Gasteiger partial charge in [0.05, 0.1) is 10.7 Å². The molecule has 0 aliphatic rings. The highest BCUT2D eigenvalue weighted by molar-refractivity contribution is 7.97. The first-order chi connectivity index (χ1) is 17.4. The number of amides is 1. The van der Waals surface area contributed by atoms with Crippen molar-refractivity contribution < 1.29 is 9.53 Å². The fraction of sp³-hybridized carbons (Fsp3) is 0.0714. The molecule has 0 saturated carbocycles. The number of ether oxygens (including phenoxy) is 1. The van der Waals surface area contributed by atoms with Crippen LogP contribution < -0.4 is 20.9 Å². The van der Waals surface area contributed by atoms with Gasteiger partial charge in [-0.25, -0.2) is 0 Å². The maximum Gasteiger partial charge on any atom is 0.270 e. The van der Waals surface area contributed by atoms with Crippen LogP contribution in [0.2, 0.25) is 5.02 Å². The molecule has 0 saturated heterocycles. The van der Waals surface area contributed by atoms with E-state index in [1.54, 1.807) is 60.7 Å². The van der Waals surface area contributed by atoms with Gasteiger partial charge in [-0.15, -0.1) is 0 Å². The van der Waals surface area contributed by atoms with Crippen molar-refractivity contribution in [1.82, 2.24) is 0 Å². The highest BCUT2D eigenvalue weighted by Gasteiger charge is 2.25. The van der Waals surface area contributed by atoms with Gasteiger partial charge in [-0.1, -0.05) is 78.9 Å². The monoisotopic (exact) mass is 518 g/mol. The molecule has 184 valence electrons. The molecule has 3 aromatic carbocycles. The molecule has 6 nitrogen and oxygen atoms in total. The summed E-state index contributed by atoms with van der Waals surface area (Å²) < 4.78 is 6.08. The Morgan fingerprint density at radius 3 is 2.61 bits per heavy atom. The van der Waals surface area contributed by atoms with E-state index in [2.05, 4.69) is 11.9 Å². The predicted octanol–water partition coefficient (Wildman–Crippen LogP) is 6.33. The van der Waals surface area contributed by atoms with Crippen molar-refractivity contribution in [1.29, 1.82) is 5.41 Å². The second-order valence-electron chi connectivity index (χ2n) is 7.64. The van der Waals surface area contributed by atoms with Crippen molar-refractivity contribution >= 4 is 41.0 Å². The van der Waals surface area contributed by atoms with Gasteiger partial charge in [0.15, 0.2) is 0 Å². The van der Waals surface area contributed by atoms with Crippen LogP contribution in [0, 0.1) is 5.41 Å². The Labute approximate surface area is 220 Å². The zero-order valence-corrected chi connectivity index (χ0v) is 21.3. The van der Waals surface area contributed by atoms with Crippen LogP contribution in [0.25, 0.3) is 11.1 Å². The minimum atomic E-state index is -1.02. The van der Waals surface area contributed by atoms with Crippen molar-refractivity contribution in [2.75, 3.05) is 5.32 Å². The SMILES string of the molecule is C=C/C=C(\C=C/C)C(Oc1cccc(C(=N)N)c1)C(=O)Nc1ccc(-c2ccccc2SN)cc1Cl. The van der Waals surface area contributed by atoms with Gasteiger partial charge >= 0.3 is 0 Å². The first-order valence-corrected chi connectivity index (χ1v) is 12.3. The highest BCUT2D eigenvalue weighted by Crippen LogP contribution is 2.33. The van der Waals surface area contributed by atoms with Crippen LogP contribution in [0.1, 0.15) is 12.5 Å². The van der Waals surface area contributed by atoms with Gasteiger partial charge in [0.25, 0.3) is 5.91 Å². The summed E-state index contributed by atoms with van der Waals surface area (Å²) in [6, 6.07) is 19.8. The summed E-state index contributed by atoms with van der Waals surface area (Å²) in [7, 11) is 0. The number of nitrogens with one attached hydrogen (secondary N) is 2. The van der Waals surface area contributed by atoms with E-state index >= 15 is 0 Å². The van der Waals surface area contributed by atoms with Gasteiger partial charge in [-0.05, 0) is 60.3 Å². The Morgan fingerprint density at radius 1 is 1.17 bits per heavy atom. The number of allylic oxidation sites excluding steroid dienone is 3. The van der Waals surface area contributed by atoms with Crippen LogP contribution >= 0.6 is 23.5 Å². The third-order valence-corrected chi connectivity index (χ3v) is 6.08. The summed E-state index contributed by atoms with van der Waals surface area (Å²) in [4.78, 5) is 14.4. The number of hydrogen-bond acceptors (Lipinski definition) is 5. The second-order valence-corrected chi connectivity index (χ2v) is 8.72. The highest BCUT2D eigenvalue weighted by atomic mass is 35.5. The Balaban J connectivity index is 1.92. The summed E-state index contributed by atoms with van der Waals surface area (Å²) in [6.45, 7) is 5.59. The van der Waals surface area contributed by atoms with E-state index in [1.165, 1.54) is 0 Å². The number of carbonyl (C=O) groups excluding carboxylic acids is 1. The molecule has 0 aliphatic carbocycles. The first-order valence-electron chi connectivity index (χ1n) is 11.0. The Morgan fingerprint density at radius 2 is 1.94 bits per heavy atom. The quantitative estimate of drug-likeness (QED) is 0.108. The molecular weight excluding hydrogens is 492 g/mol. The van der Waals surface area contributed by atoms with Crippen LogP contribution in [0.3, 0.4) is 0 Å². The zero-order chi connectivity index (χ0) is 26.1. The lowest BCUT2D eigenvalue weighted by atomic mass is 10.0. The van der Waals surface area contributed by atoms with Gasteiger partial charge in [0, 0.05) is 16.0 Å². The number of hydrogen-bond donors (Lipinski definition) is 4. The standard InChI is InChI=1S/C28H27ClN4O2S/c1-3-8-18(9-4-2)26(35-21-11-7-10-20(16-21)27(30)31)28(34)33-24-15-14-19(17-23(24)29)22-12-5-6-13-25(22)36-32/h3-17,26H,1,32H2,2H3,(H3,30,31)(H,33,34)/b9-4-,18-8+. The molecule has 8 heteroatoms. The fourth-order valence-electron chi connectivity index (χ4n) is 3.50. The molecule has 1 atom stereocenters. The minimum absolute atomic E-state index is 0.0988. The molecule has 0 heterocycles. The summed E-state index contributed by atoms with van der Waals surface area (Å²) in [6.07, 6.45) is 5.84. The minimum Gasteiger partial charge on any atom is -0.476 e. The van der Waals surface area contributed by atoms with Gasteiger partial charge < -0.3 is 15.8 Å². The summed E-state index contributed by atoms with van der Waals surface area (Å²) in [5.74, 6) is -0.139. The largest absolute Gasteiger partial charge is 0.476 e. The summed E-state index contributed by atoms with van der Waals surface area (Å²) in [5, 5.41) is 16.7. The Hall–Kier alpha value is -3.78. The van der Waals surface area contributed by atoms with Gasteiger partial charge in [0.2, 0.25) is 6.10 Å². The van der Waals surface area contributed by atoms with Crippen molar-refractivity contribution in [3.8, 4) is 16.9 Å². The van der Waals surface area contributed by atoms with E-state index in [0.717, 1.165) is 28.0 Å². The Kier molecular flexibility index (Phi) is 9.53. The number of halogens is 1. The van der Waals surface area contributed by atoms with E-state index in [0.29, 0.717) is 27.6 Å². The van der Waals surface area contributed by atoms with Crippen molar-refractivity contribution in [3.05, 3.63) is 114 Å². The van der Waals surface area contributed by atoms with E-state index < -0.39 is 12.0 Å². The van der Waals surface area contributed by atoms with E-state index in [1.807, 2.05) is 37.3 Å². The number of amidine groups is 1. The summed E-state index contributed by atoms with van der Waals surface area (Å²) in [5.41, 5.74) is 8.94. The Bertz CT molecular complexity index is 1340. The lowest BCUT2D eigenvalue weighted by Gasteiger charge is -2.21. The normalized spacial score (nSPS) is 12.2. The molecule has 3 aromatic rings. The molecule has 6 N–H and O–H groups in total. The van der Waals surface area contributed by atoms with Gasteiger partial charge in [-0.2, -0.15) is 0 Å². The molecule has 1 unspecified atom stereocenters. The summed E-state index contributed by atoms with van der Waals surface area (Å²) >= 11 is 7.73. The molecular formula is C28H27ClN4O2S. The van der Waals surface area contributed by atoms with Crippen molar-refractivity contribution in [2.45, 2.75) is 17.9 Å². The maximum absolute atomic E-state index is 13.4. The molecule has 0 radical (unpaired) electrons. The fourth-order valence-corrected chi connectivity index (χ4v) is 4.19. The third-order valence-electron chi connectivity index (χ3n) is 5.16. The topological polar surface area (TPSA) is 114 Å². The molecule has 1 amide bonds. The van der Waals surface area contributed by atoms with Crippen LogP contribution in [-0.2, 0) is 4.79 Å². The van der Waals surface area contributed by atoms with Crippen LogP contribution in [0.4, 0.5) is 5.69 Å². The third kappa shape index (κ3) is 6.66. The maximum atomic E-state index is 13.4. The van der Waals surface area contributed by atoms with E-state index in [4.69, 9.17) is 32.6 Å².